The van der Waals surface area contributed by atoms with E-state index in [-0.39, 0.29) is 17.4 Å². The molecule has 2 heteroatoms. The number of fused-ring (bicyclic) bond motifs is 1. The zero-order chi connectivity index (χ0) is 13.6. The van der Waals surface area contributed by atoms with Crippen LogP contribution in [0.2, 0.25) is 0 Å². The Morgan fingerprint density at radius 2 is 1.78 bits per heavy atom. The second-order valence-electron chi connectivity index (χ2n) is 7.69. The minimum absolute atomic E-state index is 0.123. The van der Waals surface area contributed by atoms with Gasteiger partial charge in [-0.2, -0.15) is 0 Å². The van der Waals surface area contributed by atoms with Crippen LogP contribution in [-0.2, 0) is 0 Å². The Labute approximate surface area is 112 Å². The summed E-state index contributed by atoms with van der Waals surface area (Å²) in [5, 5.41) is 20.9. The number of aliphatic hydroxyl groups excluding tert-OH is 1. The van der Waals surface area contributed by atoms with Crippen LogP contribution >= 0.6 is 0 Å². The van der Waals surface area contributed by atoms with Gasteiger partial charge in [0.1, 0.15) is 0 Å². The fourth-order valence-electron chi connectivity index (χ4n) is 4.98. The van der Waals surface area contributed by atoms with Crippen LogP contribution < -0.4 is 0 Å². The molecule has 106 valence electrons. The van der Waals surface area contributed by atoms with Crippen molar-refractivity contribution in [2.24, 2.45) is 22.7 Å². The summed E-state index contributed by atoms with van der Waals surface area (Å²) in [4.78, 5) is 0. The van der Waals surface area contributed by atoms with Crippen molar-refractivity contribution in [2.75, 3.05) is 6.61 Å². The van der Waals surface area contributed by atoms with Crippen molar-refractivity contribution in [3.05, 3.63) is 0 Å². The van der Waals surface area contributed by atoms with Gasteiger partial charge >= 0.3 is 0 Å². The molecule has 2 nitrogen and oxygen atoms in total. The molecule has 4 atom stereocenters. The Morgan fingerprint density at radius 3 is 2.39 bits per heavy atom. The summed E-state index contributed by atoms with van der Waals surface area (Å²) in [6, 6.07) is 0. The van der Waals surface area contributed by atoms with E-state index in [9.17, 15) is 10.2 Å². The van der Waals surface area contributed by atoms with Gasteiger partial charge in [-0.25, -0.2) is 0 Å². The number of aliphatic hydroxyl groups is 2. The predicted octanol–water partition coefficient (Wildman–Crippen LogP) is 3.36. The summed E-state index contributed by atoms with van der Waals surface area (Å²) in [7, 11) is 0. The molecule has 2 rings (SSSR count). The van der Waals surface area contributed by atoms with Gasteiger partial charge in [-0.05, 0) is 49.4 Å². The first kappa shape index (κ1) is 14.3. The van der Waals surface area contributed by atoms with Crippen molar-refractivity contribution in [2.45, 2.75) is 71.8 Å². The first-order valence-electron chi connectivity index (χ1n) is 7.61. The largest absolute Gasteiger partial charge is 0.396 e. The van der Waals surface area contributed by atoms with Crippen LogP contribution in [0.1, 0.15) is 66.2 Å². The van der Waals surface area contributed by atoms with Crippen LogP contribution in [0.4, 0.5) is 0 Å². The van der Waals surface area contributed by atoms with Gasteiger partial charge in [0.05, 0.1) is 5.60 Å². The molecule has 0 aromatic heterocycles. The molecule has 0 heterocycles. The van der Waals surface area contributed by atoms with Crippen LogP contribution in [0.25, 0.3) is 0 Å². The standard InChI is InChI=1S/C16H30O2/c1-12-6-7-13-14(2,3)8-5-9-16(13,18)15(12,4)10-11-17/h12-13,17-18H,5-11H2,1-4H3. The Hall–Kier alpha value is -0.0800. The molecule has 0 spiro atoms. The van der Waals surface area contributed by atoms with Crippen molar-refractivity contribution < 1.29 is 10.2 Å². The average molecular weight is 254 g/mol. The number of hydrogen-bond donors (Lipinski definition) is 2. The van der Waals surface area contributed by atoms with Gasteiger partial charge in [-0.3, -0.25) is 0 Å². The molecule has 2 aliphatic carbocycles. The molecule has 0 saturated heterocycles. The fourth-order valence-corrected chi connectivity index (χ4v) is 4.98. The highest BCUT2D eigenvalue weighted by molar-refractivity contribution is 5.11. The zero-order valence-electron chi connectivity index (χ0n) is 12.5. The lowest BCUT2D eigenvalue weighted by atomic mass is 9.45. The molecule has 0 aromatic carbocycles. The molecule has 2 saturated carbocycles. The Bertz CT molecular complexity index is 312. The molecule has 4 unspecified atom stereocenters. The van der Waals surface area contributed by atoms with Crippen LogP contribution in [0.3, 0.4) is 0 Å². The third-order valence-electron chi connectivity index (χ3n) is 6.49. The molecular formula is C16H30O2. The maximum atomic E-state index is 11.4. The SMILES string of the molecule is CC1CCC2C(C)(C)CCCC2(O)C1(C)CCO. The highest BCUT2D eigenvalue weighted by atomic mass is 16.3. The molecule has 0 radical (unpaired) electrons. The van der Waals surface area contributed by atoms with E-state index < -0.39 is 5.60 Å². The topological polar surface area (TPSA) is 40.5 Å². The minimum Gasteiger partial charge on any atom is -0.396 e. The molecule has 0 bridgehead atoms. The molecular weight excluding hydrogens is 224 g/mol. The predicted molar refractivity (Wildman–Crippen MR) is 74.3 cm³/mol. The molecule has 18 heavy (non-hydrogen) atoms. The van der Waals surface area contributed by atoms with E-state index >= 15 is 0 Å². The summed E-state index contributed by atoms with van der Waals surface area (Å²) in [5.41, 5.74) is -0.457. The van der Waals surface area contributed by atoms with Crippen molar-refractivity contribution >= 4 is 0 Å². The second-order valence-corrected chi connectivity index (χ2v) is 7.69. The maximum absolute atomic E-state index is 11.4. The van der Waals surface area contributed by atoms with Crippen molar-refractivity contribution in [1.82, 2.24) is 0 Å². The molecule has 0 aliphatic heterocycles. The van der Waals surface area contributed by atoms with E-state index in [1.807, 2.05) is 0 Å². The van der Waals surface area contributed by atoms with E-state index in [0.29, 0.717) is 11.8 Å². The van der Waals surface area contributed by atoms with Gasteiger partial charge in [0, 0.05) is 12.0 Å². The van der Waals surface area contributed by atoms with Crippen molar-refractivity contribution in [1.29, 1.82) is 0 Å². The van der Waals surface area contributed by atoms with Gasteiger partial charge in [0.25, 0.3) is 0 Å². The summed E-state index contributed by atoms with van der Waals surface area (Å²) in [6.45, 7) is 9.29. The molecule has 2 fully saturated rings. The van der Waals surface area contributed by atoms with E-state index in [1.54, 1.807) is 0 Å². The van der Waals surface area contributed by atoms with Gasteiger partial charge in [0.15, 0.2) is 0 Å². The Morgan fingerprint density at radius 1 is 1.11 bits per heavy atom. The highest BCUT2D eigenvalue weighted by Crippen LogP contribution is 2.62. The first-order chi connectivity index (χ1) is 8.28. The van der Waals surface area contributed by atoms with Gasteiger partial charge in [-0.1, -0.05) is 34.1 Å². The molecule has 2 N–H and O–H groups in total. The summed E-state index contributed by atoms with van der Waals surface area (Å²) >= 11 is 0. The Kier molecular flexibility index (Phi) is 3.57. The van der Waals surface area contributed by atoms with Crippen molar-refractivity contribution in [3.63, 3.8) is 0 Å². The minimum atomic E-state index is -0.574. The molecule has 0 amide bonds. The monoisotopic (exact) mass is 254 g/mol. The quantitative estimate of drug-likeness (QED) is 0.793. The number of rotatable bonds is 2. The average Bonchev–Trinajstić information content (AvgIpc) is 2.25. The third kappa shape index (κ3) is 1.84. The fraction of sp³-hybridized carbons (Fsp3) is 1.00. The normalized spacial score (nSPS) is 47.7. The van der Waals surface area contributed by atoms with E-state index in [0.717, 1.165) is 25.7 Å². The van der Waals surface area contributed by atoms with E-state index in [1.165, 1.54) is 12.8 Å². The maximum Gasteiger partial charge on any atom is 0.0737 e. The second kappa shape index (κ2) is 4.49. The van der Waals surface area contributed by atoms with Gasteiger partial charge in [-0.15, -0.1) is 0 Å². The van der Waals surface area contributed by atoms with Gasteiger partial charge < -0.3 is 10.2 Å². The van der Waals surface area contributed by atoms with E-state index in [4.69, 9.17) is 0 Å². The van der Waals surface area contributed by atoms with Crippen LogP contribution in [0.15, 0.2) is 0 Å². The number of hydrogen-bond acceptors (Lipinski definition) is 2. The lowest BCUT2D eigenvalue weighted by Gasteiger charge is -2.62. The Balaban J connectivity index is 2.40. The highest BCUT2D eigenvalue weighted by Gasteiger charge is 2.61. The lowest BCUT2D eigenvalue weighted by Crippen LogP contribution is -2.63. The van der Waals surface area contributed by atoms with Crippen molar-refractivity contribution in [3.8, 4) is 0 Å². The summed E-state index contributed by atoms with van der Waals surface area (Å²) in [5.74, 6) is 0.895. The summed E-state index contributed by atoms with van der Waals surface area (Å²) in [6.07, 6.45) is 6.33. The van der Waals surface area contributed by atoms with E-state index in [2.05, 4.69) is 27.7 Å². The first-order valence-corrected chi connectivity index (χ1v) is 7.61. The smallest absolute Gasteiger partial charge is 0.0737 e. The van der Waals surface area contributed by atoms with Gasteiger partial charge in [0.2, 0.25) is 0 Å². The summed E-state index contributed by atoms with van der Waals surface area (Å²) < 4.78 is 0. The van der Waals surface area contributed by atoms with Crippen LogP contribution in [0.5, 0.6) is 0 Å². The molecule has 2 aliphatic rings. The third-order valence-corrected chi connectivity index (χ3v) is 6.49. The van der Waals surface area contributed by atoms with Crippen LogP contribution in [0, 0.1) is 22.7 Å². The zero-order valence-corrected chi connectivity index (χ0v) is 12.5. The lowest BCUT2D eigenvalue weighted by molar-refractivity contribution is -0.222. The van der Waals surface area contributed by atoms with Crippen LogP contribution in [-0.4, -0.2) is 22.4 Å². The molecule has 0 aromatic rings.